The number of halogens is 1. The van der Waals surface area contributed by atoms with Crippen LogP contribution in [-0.2, 0) is 10.0 Å². The highest BCUT2D eigenvalue weighted by Gasteiger charge is 2.38. The molecule has 4 rings (SSSR count). The van der Waals surface area contributed by atoms with E-state index in [-0.39, 0.29) is 22.9 Å². The van der Waals surface area contributed by atoms with E-state index in [1.807, 2.05) is 12.1 Å². The molecule has 0 bridgehead atoms. The van der Waals surface area contributed by atoms with Gasteiger partial charge in [-0.25, -0.2) is 8.42 Å². The maximum atomic E-state index is 12.5. The van der Waals surface area contributed by atoms with Gasteiger partial charge in [-0.2, -0.15) is 0 Å². The summed E-state index contributed by atoms with van der Waals surface area (Å²) in [5.41, 5.74) is 7.10. The van der Waals surface area contributed by atoms with Crippen molar-refractivity contribution in [2.24, 2.45) is 11.7 Å². The smallest absolute Gasteiger partial charge is 0.261 e. The van der Waals surface area contributed by atoms with Crippen molar-refractivity contribution in [2.75, 3.05) is 11.3 Å². The average molecular weight is 422 g/mol. The highest BCUT2D eigenvalue weighted by atomic mass is 35.5. The van der Waals surface area contributed by atoms with Gasteiger partial charge in [0.1, 0.15) is 0 Å². The minimum atomic E-state index is -3.78. The van der Waals surface area contributed by atoms with Gasteiger partial charge in [-0.15, -0.1) is 12.4 Å². The SMILES string of the molecule is Cl.NC(=O)c1cccc(S(=O)(=O)Nc2ccc(C3CC3NCC3CC3)cc2)c1. The number of primary amides is 1. The third kappa shape index (κ3) is 4.84. The van der Waals surface area contributed by atoms with Crippen LogP contribution in [0.1, 0.15) is 41.1 Å². The molecule has 2 unspecified atom stereocenters. The molecule has 2 atom stereocenters. The molecule has 0 spiro atoms. The van der Waals surface area contributed by atoms with Crippen LogP contribution in [-0.4, -0.2) is 26.9 Å². The fourth-order valence-corrected chi connectivity index (χ4v) is 4.36. The van der Waals surface area contributed by atoms with Crippen molar-refractivity contribution in [1.82, 2.24) is 5.32 Å². The van der Waals surface area contributed by atoms with Crippen molar-refractivity contribution in [1.29, 1.82) is 0 Å². The van der Waals surface area contributed by atoms with Gasteiger partial charge in [0, 0.05) is 23.2 Å². The Hall–Kier alpha value is -2.09. The molecule has 2 aliphatic carbocycles. The largest absolute Gasteiger partial charge is 0.366 e. The zero-order valence-corrected chi connectivity index (χ0v) is 16.9. The first-order valence-corrected chi connectivity index (χ1v) is 10.7. The van der Waals surface area contributed by atoms with Gasteiger partial charge >= 0.3 is 0 Å². The number of rotatable bonds is 8. The van der Waals surface area contributed by atoms with Crippen LogP contribution < -0.4 is 15.8 Å². The van der Waals surface area contributed by atoms with Gasteiger partial charge in [-0.3, -0.25) is 9.52 Å². The molecule has 2 saturated carbocycles. The average Bonchev–Trinajstić information content (AvgIpc) is 3.55. The molecule has 0 saturated heterocycles. The van der Waals surface area contributed by atoms with Gasteiger partial charge in [-0.05, 0) is 67.6 Å². The van der Waals surface area contributed by atoms with Gasteiger partial charge in [0.25, 0.3) is 10.0 Å². The van der Waals surface area contributed by atoms with Gasteiger partial charge in [0.15, 0.2) is 0 Å². The summed E-state index contributed by atoms with van der Waals surface area (Å²) in [6.07, 6.45) is 3.83. The first-order valence-electron chi connectivity index (χ1n) is 9.18. The number of nitrogens with two attached hydrogens (primary N) is 1. The molecule has 28 heavy (non-hydrogen) atoms. The van der Waals surface area contributed by atoms with E-state index < -0.39 is 15.9 Å². The maximum Gasteiger partial charge on any atom is 0.261 e. The molecule has 150 valence electrons. The lowest BCUT2D eigenvalue weighted by atomic mass is 10.1. The van der Waals surface area contributed by atoms with Gasteiger partial charge < -0.3 is 11.1 Å². The number of benzene rings is 2. The summed E-state index contributed by atoms with van der Waals surface area (Å²) in [5.74, 6) is 0.725. The Balaban J connectivity index is 0.00000225. The second-order valence-corrected chi connectivity index (χ2v) is 9.10. The molecule has 6 nitrogen and oxygen atoms in total. The zero-order valence-electron chi connectivity index (χ0n) is 15.3. The minimum absolute atomic E-state index is 0. The van der Waals surface area contributed by atoms with E-state index in [9.17, 15) is 13.2 Å². The van der Waals surface area contributed by atoms with Crippen LogP contribution in [0.3, 0.4) is 0 Å². The van der Waals surface area contributed by atoms with Gasteiger partial charge in [0.05, 0.1) is 4.90 Å². The third-order valence-electron chi connectivity index (χ3n) is 5.18. The summed E-state index contributed by atoms with van der Waals surface area (Å²) in [5, 5.41) is 3.61. The van der Waals surface area contributed by atoms with Crippen LogP contribution >= 0.6 is 12.4 Å². The highest BCUT2D eigenvalue weighted by molar-refractivity contribution is 7.92. The van der Waals surface area contributed by atoms with E-state index in [2.05, 4.69) is 10.0 Å². The van der Waals surface area contributed by atoms with E-state index in [1.54, 1.807) is 12.1 Å². The van der Waals surface area contributed by atoms with Gasteiger partial charge in [-0.1, -0.05) is 18.2 Å². The Kier molecular flexibility index (Phi) is 5.98. The predicted molar refractivity (Wildman–Crippen MR) is 111 cm³/mol. The van der Waals surface area contributed by atoms with E-state index in [1.165, 1.54) is 42.7 Å². The fraction of sp³-hybridized carbons (Fsp3) is 0.350. The number of sulfonamides is 1. The molecule has 4 N–H and O–H groups in total. The Labute approximate surface area is 171 Å². The number of carbonyl (C=O) groups is 1. The summed E-state index contributed by atoms with van der Waals surface area (Å²) in [4.78, 5) is 11.3. The lowest BCUT2D eigenvalue weighted by molar-refractivity contribution is 0.1000. The second-order valence-electron chi connectivity index (χ2n) is 7.42. The Bertz CT molecular complexity index is 959. The normalized spacial score (nSPS) is 20.9. The molecule has 2 aromatic rings. The van der Waals surface area contributed by atoms with E-state index in [4.69, 9.17) is 5.73 Å². The Morgan fingerprint density at radius 2 is 1.82 bits per heavy atom. The number of nitrogens with one attached hydrogen (secondary N) is 2. The predicted octanol–water partition coefficient (Wildman–Crippen LogP) is 2.86. The molecular formula is C20H24ClN3O3S. The quantitative estimate of drug-likeness (QED) is 0.609. The molecule has 2 aliphatic rings. The number of anilines is 1. The van der Waals surface area contributed by atoms with E-state index in [0.717, 1.165) is 18.9 Å². The fourth-order valence-electron chi connectivity index (χ4n) is 3.26. The van der Waals surface area contributed by atoms with E-state index in [0.29, 0.717) is 17.6 Å². The zero-order chi connectivity index (χ0) is 19.0. The molecule has 8 heteroatoms. The third-order valence-corrected chi connectivity index (χ3v) is 6.55. The number of hydrogen-bond donors (Lipinski definition) is 3. The molecular weight excluding hydrogens is 398 g/mol. The summed E-state index contributed by atoms with van der Waals surface area (Å²) >= 11 is 0. The Morgan fingerprint density at radius 3 is 2.46 bits per heavy atom. The molecule has 0 aromatic heterocycles. The summed E-state index contributed by atoms with van der Waals surface area (Å²) in [6, 6.07) is 13.7. The topological polar surface area (TPSA) is 101 Å². The van der Waals surface area contributed by atoms with Crippen LogP contribution in [0, 0.1) is 5.92 Å². The first kappa shape index (κ1) is 20.6. The molecule has 0 heterocycles. The van der Waals surface area contributed by atoms with Crippen molar-refractivity contribution in [3.63, 3.8) is 0 Å². The maximum absolute atomic E-state index is 12.5. The number of amides is 1. The van der Waals surface area contributed by atoms with Crippen molar-refractivity contribution in [3.8, 4) is 0 Å². The monoisotopic (exact) mass is 421 g/mol. The standard InChI is InChI=1S/C20H23N3O3S.ClH/c21-20(24)15-2-1-3-17(10-15)27(25,26)23-16-8-6-14(7-9-16)18-11-19(18)22-12-13-4-5-13;/h1-3,6-10,13,18-19,22-23H,4-5,11-12H2,(H2,21,24);1H. The van der Waals surface area contributed by atoms with Crippen molar-refractivity contribution >= 4 is 34.0 Å². The van der Waals surface area contributed by atoms with Crippen LogP contribution in [0.15, 0.2) is 53.4 Å². The molecule has 2 aromatic carbocycles. The first-order chi connectivity index (χ1) is 12.9. The number of hydrogen-bond acceptors (Lipinski definition) is 4. The van der Waals surface area contributed by atoms with Crippen LogP contribution in [0.5, 0.6) is 0 Å². The van der Waals surface area contributed by atoms with E-state index >= 15 is 0 Å². The summed E-state index contributed by atoms with van der Waals surface area (Å²) in [7, 11) is -3.78. The molecule has 0 aliphatic heterocycles. The second kappa shape index (κ2) is 8.11. The number of carbonyl (C=O) groups excluding carboxylic acids is 1. The lowest BCUT2D eigenvalue weighted by Crippen LogP contribution is -2.20. The minimum Gasteiger partial charge on any atom is -0.366 e. The Morgan fingerprint density at radius 1 is 1.11 bits per heavy atom. The summed E-state index contributed by atoms with van der Waals surface area (Å²) in [6.45, 7) is 1.11. The molecule has 0 radical (unpaired) electrons. The van der Waals surface area contributed by atoms with Crippen LogP contribution in [0.25, 0.3) is 0 Å². The van der Waals surface area contributed by atoms with Crippen LogP contribution in [0.2, 0.25) is 0 Å². The van der Waals surface area contributed by atoms with Crippen molar-refractivity contribution in [3.05, 3.63) is 59.7 Å². The van der Waals surface area contributed by atoms with Crippen molar-refractivity contribution < 1.29 is 13.2 Å². The van der Waals surface area contributed by atoms with Crippen molar-refractivity contribution in [2.45, 2.75) is 36.1 Å². The molecule has 2 fully saturated rings. The molecule has 1 amide bonds. The lowest BCUT2D eigenvalue weighted by Gasteiger charge is -2.10. The van der Waals surface area contributed by atoms with Crippen LogP contribution in [0.4, 0.5) is 5.69 Å². The highest BCUT2D eigenvalue weighted by Crippen LogP contribution is 2.42. The summed E-state index contributed by atoms with van der Waals surface area (Å²) < 4.78 is 27.6. The van der Waals surface area contributed by atoms with Gasteiger partial charge in [0.2, 0.25) is 5.91 Å².